The van der Waals surface area contributed by atoms with Crippen LogP contribution in [0.2, 0.25) is 0 Å². The monoisotopic (exact) mass is 306 g/mol. The largest absolute Gasteiger partial charge is 0.450 e. The maximum Gasteiger partial charge on any atom is 0.409 e. The number of likely N-dealkylation sites (tertiary alicyclic amines) is 1. The van der Waals surface area contributed by atoms with Crippen molar-refractivity contribution in [3.63, 3.8) is 0 Å². The first-order chi connectivity index (χ1) is 10.7. The van der Waals surface area contributed by atoms with Crippen LogP contribution in [0.3, 0.4) is 0 Å². The number of hydrogen-bond acceptors (Lipinski definition) is 3. The number of rotatable bonds is 3. The summed E-state index contributed by atoms with van der Waals surface area (Å²) < 4.78 is 5.11. The minimum atomic E-state index is -0.129. The van der Waals surface area contributed by atoms with Crippen molar-refractivity contribution in [1.82, 2.24) is 10.2 Å². The fourth-order valence-corrected chi connectivity index (χ4v) is 5.91. The third-order valence-corrected chi connectivity index (χ3v) is 6.68. The van der Waals surface area contributed by atoms with Gasteiger partial charge in [-0.3, -0.25) is 0 Å². The molecule has 0 aromatic heterocycles. The number of amides is 1. The van der Waals surface area contributed by atoms with Gasteiger partial charge in [-0.15, -0.1) is 0 Å². The fraction of sp³-hybridized carbons (Fsp3) is 0.944. The summed E-state index contributed by atoms with van der Waals surface area (Å²) >= 11 is 0. The molecule has 4 bridgehead atoms. The highest BCUT2D eigenvalue weighted by molar-refractivity contribution is 5.67. The summed E-state index contributed by atoms with van der Waals surface area (Å²) in [7, 11) is 0. The Labute approximate surface area is 134 Å². The molecule has 0 aromatic carbocycles. The van der Waals surface area contributed by atoms with Gasteiger partial charge in [0.1, 0.15) is 0 Å². The van der Waals surface area contributed by atoms with Crippen molar-refractivity contribution in [3.8, 4) is 0 Å². The molecule has 4 saturated carbocycles. The van der Waals surface area contributed by atoms with Gasteiger partial charge in [0.25, 0.3) is 0 Å². The Morgan fingerprint density at radius 1 is 1.05 bits per heavy atom. The molecule has 0 atom stereocenters. The van der Waals surface area contributed by atoms with Gasteiger partial charge in [-0.1, -0.05) is 0 Å². The number of nitrogens with one attached hydrogen (secondary N) is 1. The quantitative estimate of drug-likeness (QED) is 0.871. The second kappa shape index (κ2) is 6.03. The van der Waals surface area contributed by atoms with Gasteiger partial charge in [0.15, 0.2) is 0 Å². The highest BCUT2D eigenvalue weighted by Gasteiger charge is 2.48. The minimum Gasteiger partial charge on any atom is -0.450 e. The van der Waals surface area contributed by atoms with Crippen molar-refractivity contribution in [3.05, 3.63) is 0 Å². The summed E-state index contributed by atoms with van der Waals surface area (Å²) in [5, 5.41) is 4.01. The molecule has 0 aromatic rings. The first-order valence-corrected chi connectivity index (χ1v) is 9.40. The van der Waals surface area contributed by atoms with E-state index in [0.717, 1.165) is 55.6 Å². The van der Waals surface area contributed by atoms with E-state index in [4.69, 9.17) is 4.74 Å². The Hall–Kier alpha value is -0.770. The summed E-state index contributed by atoms with van der Waals surface area (Å²) in [6.45, 7) is 4.05. The zero-order valence-electron chi connectivity index (χ0n) is 13.8. The molecule has 124 valence electrons. The van der Waals surface area contributed by atoms with Crippen molar-refractivity contribution in [1.29, 1.82) is 0 Å². The molecule has 5 fully saturated rings. The van der Waals surface area contributed by atoms with Crippen molar-refractivity contribution >= 4 is 6.09 Å². The number of hydrogen-bond donors (Lipinski definition) is 1. The van der Waals surface area contributed by atoms with E-state index in [1.807, 2.05) is 11.8 Å². The summed E-state index contributed by atoms with van der Waals surface area (Å²) in [6.07, 6.45) is 9.48. The third kappa shape index (κ3) is 2.75. The lowest BCUT2D eigenvalue weighted by atomic mass is 9.54. The van der Waals surface area contributed by atoms with Crippen molar-refractivity contribution in [2.24, 2.45) is 23.7 Å². The Bertz CT molecular complexity index is 389. The van der Waals surface area contributed by atoms with Crippen LogP contribution in [0, 0.1) is 23.7 Å². The van der Waals surface area contributed by atoms with Gasteiger partial charge in [-0.25, -0.2) is 4.79 Å². The predicted octanol–water partition coefficient (Wildman–Crippen LogP) is 3.02. The Morgan fingerprint density at radius 3 is 2.18 bits per heavy atom. The van der Waals surface area contributed by atoms with E-state index in [-0.39, 0.29) is 6.09 Å². The molecule has 1 heterocycles. The van der Waals surface area contributed by atoms with Crippen molar-refractivity contribution in [2.45, 2.75) is 64.0 Å². The normalized spacial score (nSPS) is 41.0. The second-order valence-electron chi connectivity index (χ2n) is 8.08. The van der Waals surface area contributed by atoms with Gasteiger partial charge in [-0.2, -0.15) is 0 Å². The zero-order chi connectivity index (χ0) is 15.1. The van der Waals surface area contributed by atoms with Crippen molar-refractivity contribution in [2.75, 3.05) is 19.7 Å². The predicted molar refractivity (Wildman–Crippen MR) is 85.6 cm³/mol. The maximum absolute atomic E-state index is 11.8. The number of carbonyl (C=O) groups is 1. The van der Waals surface area contributed by atoms with Crippen LogP contribution in [0.4, 0.5) is 4.79 Å². The highest BCUT2D eigenvalue weighted by Crippen LogP contribution is 2.53. The molecule has 22 heavy (non-hydrogen) atoms. The molecule has 4 aliphatic carbocycles. The van der Waals surface area contributed by atoms with Gasteiger partial charge in [0.05, 0.1) is 6.61 Å². The molecule has 0 spiro atoms. The lowest BCUT2D eigenvalue weighted by Crippen LogP contribution is -2.58. The average molecular weight is 306 g/mol. The summed E-state index contributed by atoms with van der Waals surface area (Å²) in [4.78, 5) is 13.7. The standard InChI is InChI=1S/C18H30N2O2/c1-2-22-18(21)20-5-3-16(4-6-20)19-17-14-8-12-7-13(10-14)11-15(17)9-12/h12-17,19H,2-11H2,1H3. The molecule has 1 saturated heterocycles. The van der Waals surface area contributed by atoms with Crippen LogP contribution in [0.5, 0.6) is 0 Å². The van der Waals surface area contributed by atoms with Gasteiger partial charge in [-0.05, 0) is 75.5 Å². The maximum atomic E-state index is 11.8. The molecule has 5 rings (SSSR count). The van der Waals surface area contributed by atoms with Crippen LogP contribution in [0.1, 0.15) is 51.9 Å². The number of nitrogens with zero attached hydrogens (tertiary/aromatic N) is 1. The molecule has 1 aliphatic heterocycles. The first-order valence-electron chi connectivity index (χ1n) is 9.40. The SMILES string of the molecule is CCOC(=O)N1CCC(NC2C3CC4CC(C3)CC2C4)CC1. The van der Waals surface area contributed by atoms with E-state index < -0.39 is 0 Å². The molecule has 1 amide bonds. The number of carbonyl (C=O) groups excluding carboxylic acids is 1. The van der Waals surface area contributed by atoms with Gasteiger partial charge >= 0.3 is 6.09 Å². The zero-order valence-corrected chi connectivity index (χ0v) is 13.8. The number of ether oxygens (including phenoxy) is 1. The van der Waals surface area contributed by atoms with Crippen LogP contribution in [-0.4, -0.2) is 42.8 Å². The Morgan fingerprint density at radius 2 is 1.64 bits per heavy atom. The molecular weight excluding hydrogens is 276 g/mol. The molecule has 0 radical (unpaired) electrons. The lowest BCUT2D eigenvalue weighted by Gasteiger charge is -2.55. The highest BCUT2D eigenvalue weighted by atomic mass is 16.6. The van der Waals surface area contributed by atoms with E-state index in [0.29, 0.717) is 12.6 Å². The Balaban J connectivity index is 1.29. The van der Waals surface area contributed by atoms with Gasteiger partial charge in [0.2, 0.25) is 0 Å². The van der Waals surface area contributed by atoms with E-state index >= 15 is 0 Å². The van der Waals surface area contributed by atoms with Crippen LogP contribution >= 0.6 is 0 Å². The van der Waals surface area contributed by atoms with E-state index in [1.54, 1.807) is 0 Å². The molecule has 1 N–H and O–H groups in total. The summed E-state index contributed by atoms with van der Waals surface area (Å²) in [5.41, 5.74) is 0. The Kier molecular flexibility index (Phi) is 4.05. The molecule has 5 aliphatic rings. The van der Waals surface area contributed by atoms with Crippen LogP contribution < -0.4 is 5.32 Å². The van der Waals surface area contributed by atoms with Crippen LogP contribution in [-0.2, 0) is 4.74 Å². The van der Waals surface area contributed by atoms with E-state index in [9.17, 15) is 4.79 Å². The summed E-state index contributed by atoms with van der Waals surface area (Å²) in [5.74, 6) is 3.98. The van der Waals surface area contributed by atoms with Gasteiger partial charge in [0, 0.05) is 25.2 Å². The number of piperidine rings is 1. The fourth-order valence-electron chi connectivity index (χ4n) is 5.91. The third-order valence-electron chi connectivity index (χ3n) is 6.68. The second-order valence-corrected chi connectivity index (χ2v) is 8.08. The molecule has 4 nitrogen and oxygen atoms in total. The average Bonchev–Trinajstić information content (AvgIpc) is 2.51. The van der Waals surface area contributed by atoms with Gasteiger partial charge < -0.3 is 15.0 Å². The smallest absolute Gasteiger partial charge is 0.409 e. The first kappa shape index (κ1) is 14.8. The summed E-state index contributed by atoms with van der Waals surface area (Å²) in [6, 6.07) is 1.38. The molecule has 0 unspecified atom stereocenters. The molecule has 4 heteroatoms. The lowest BCUT2D eigenvalue weighted by molar-refractivity contribution is -0.0204. The van der Waals surface area contributed by atoms with Crippen molar-refractivity contribution < 1.29 is 9.53 Å². The van der Waals surface area contributed by atoms with E-state index in [2.05, 4.69) is 5.32 Å². The molecular formula is C18H30N2O2. The van der Waals surface area contributed by atoms with E-state index in [1.165, 1.54) is 32.1 Å². The minimum absolute atomic E-state index is 0.129. The van der Waals surface area contributed by atoms with Crippen LogP contribution in [0.15, 0.2) is 0 Å². The topological polar surface area (TPSA) is 41.6 Å². The van der Waals surface area contributed by atoms with Crippen LogP contribution in [0.25, 0.3) is 0 Å².